The van der Waals surface area contributed by atoms with Gasteiger partial charge in [-0.2, -0.15) is 11.8 Å². The molecule has 3 rings (SSSR count). The van der Waals surface area contributed by atoms with Crippen LogP contribution in [0.5, 0.6) is 5.75 Å². The van der Waals surface area contributed by atoms with E-state index in [9.17, 15) is 0 Å². The lowest BCUT2D eigenvalue weighted by atomic mass is 10.2. The van der Waals surface area contributed by atoms with E-state index in [0.29, 0.717) is 11.2 Å². The van der Waals surface area contributed by atoms with Crippen molar-refractivity contribution >= 4 is 34.8 Å². The monoisotopic (exact) mass is 386 g/mol. The molecule has 0 bridgehead atoms. The standard InChI is InChI=1S/C21H26N2OS2/c25-21(22-14-15-26-16-17-6-2-1-3-7-17)23-18-10-12-20(13-11-18)24-19-8-4-5-9-19/h1-3,6-7,10-13,19H,4-5,8-9,14-16H2,(H2,22,23,25). The van der Waals surface area contributed by atoms with Crippen LogP contribution in [0.3, 0.4) is 0 Å². The first-order valence-electron chi connectivity index (χ1n) is 9.23. The van der Waals surface area contributed by atoms with Gasteiger partial charge < -0.3 is 15.4 Å². The lowest BCUT2D eigenvalue weighted by Gasteiger charge is -2.14. The number of rotatable bonds is 8. The van der Waals surface area contributed by atoms with Gasteiger partial charge in [0, 0.05) is 23.7 Å². The first-order chi connectivity index (χ1) is 12.8. The Kier molecular flexibility index (Phi) is 7.65. The van der Waals surface area contributed by atoms with Gasteiger partial charge >= 0.3 is 0 Å². The van der Waals surface area contributed by atoms with Gasteiger partial charge in [0.25, 0.3) is 0 Å². The topological polar surface area (TPSA) is 33.3 Å². The van der Waals surface area contributed by atoms with Gasteiger partial charge in [-0.1, -0.05) is 30.3 Å². The van der Waals surface area contributed by atoms with Gasteiger partial charge in [0.1, 0.15) is 5.75 Å². The molecule has 5 heteroatoms. The molecule has 1 aliphatic carbocycles. The second kappa shape index (κ2) is 10.4. The summed E-state index contributed by atoms with van der Waals surface area (Å²) in [5.41, 5.74) is 2.34. The van der Waals surface area contributed by atoms with E-state index in [1.54, 1.807) is 0 Å². The molecule has 138 valence electrons. The summed E-state index contributed by atoms with van der Waals surface area (Å²) in [6.45, 7) is 0.853. The zero-order valence-electron chi connectivity index (χ0n) is 14.9. The molecule has 2 N–H and O–H groups in total. The van der Waals surface area contributed by atoms with Crippen molar-refractivity contribution in [2.24, 2.45) is 0 Å². The summed E-state index contributed by atoms with van der Waals surface area (Å²) in [5.74, 6) is 2.99. The fourth-order valence-electron chi connectivity index (χ4n) is 2.99. The number of thiocarbonyl (C=S) groups is 1. The quantitative estimate of drug-likeness (QED) is 0.480. The van der Waals surface area contributed by atoms with Crippen LogP contribution in [-0.4, -0.2) is 23.5 Å². The van der Waals surface area contributed by atoms with Gasteiger partial charge in [-0.15, -0.1) is 0 Å². The van der Waals surface area contributed by atoms with Gasteiger partial charge in [0.05, 0.1) is 6.10 Å². The summed E-state index contributed by atoms with van der Waals surface area (Å²) in [6.07, 6.45) is 5.32. The van der Waals surface area contributed by atoms with E-state index in [-0.39, 0.29) is 0 Å². The molecule has 3 nitrogen and oxygen atoms in total. The van der Waals surface area contributed by atoms with Gasteiger partial charge in [0.15, 0.2) is 5.11 Å². The van der Waals surface area contributed by atoms with Crippen molar-refractivity contribution in [3.05, 3.63) is 60.2 Å². The zero-order chi connectivity index (χ0) is 18.0. The summed E-state index contributed by atoms with van der Waals surface area (Å²) in [6, 6.07) is 18.6. The SMILES string of the molecule is S=C(NCCSCc1ccccc1)Nc1ccc(OC2CCCC2)cc1. The number of anilines is 1. The van der Waals surface area contributed by atoms with Gasteiger partial charge in [-0.05, 0) is 67.7 Å². The molecule has 0 radical (unpaired) electrons. The van der Waals surface area contributed by atoms with Crippen LogP contribution in [0.1, 0.15) is 31.2 Å². The fourth-order valence-corrected chi connectivity index (χ4v) is 4.03. The molecule has 0 atom stereocenters. The lowest BCUT2D eigenvalue weighted by Crippen LogP contribution is -2.30. The average Bonchev–Trinajstić information content (AvgIpc) is 3.17. The largest absolute Gasteiger partial charge is 0.490 e. The Morgan fingerprint density at radius 1 is 1.04 bits per heavy atom. The first kappa shape index (κ1) is 19.1. The molecule has 1 aliphatic rings. The molecule has 1 fully saturated rings. The first-order valence-corrected chi connectivity index (χ1v) is 10.8. The Morgan fingerprint density at radius 3 is 2.50 bits per heavy atom. The summed E-state index contributed by atoms with van der Waals surface area (Å²) in [7, 11) is 0. The van der Waals surface area contributed by atoms with Crippen LogP contribution in [0.15, 0.2) is 54.6 Å². The van der Waals surface area contributed by atoms with E-state index in [1.165, 1.54) is 31.2 Å². The number of benzene rings is 2. The molecule has 0 aliphatic heterocycles. The van der Waals surface area contributed by atoms with Crippen LogP contribution in [-0.2, 0) is 5.75 Å². The number of hydrogen-bond donors (Lipinski definition) is 2. The maximum Gasteiger partial charge on any atom is 0.170 e. The van der Waals surface area contributed by atoms with Crippen LogP contribution in [0.25, 0.3) is 0 Å². The molecular weight excluding hydrogens is 360 g/mol. The normalized spacial score (nSPS) is 14.2. The highest BCUT2D eigenvalue weighted by Crippen LogP contribution is 2.25. The van der Waals surface area contributed by atoms with Crippen molar-refractivity contribution in [3.8, 4) is 5.75 Å². The van der Waals surface area contributed by atoms with Gasteiger partial charge in [-0.3, -0.25) is 0 Å². The molecular formula is C21H26N2OS2. The van der Waals surface area contributed by atoms with Crippen LogP contribution in [0, 0.1) is 0 Å². The van der Waals surface area contributed by atoms with Crippen molar-refractivity contribution in [2.45, 2.75) is 37.5 Å². The van der Waals surface area contributed by atoms with Crippen molar-refractivity contribution in [2.75, 3.05) is 17.6 Å². The van der Waals surface area contributed by atoms with E-state index in [1.807, 2.05) is 42.1 Å². The summed E-state index contributed by atoms with van der Waals surface area (Å²) in [5, 5.41) is 7.15. The Balaban J connectivity index is 1.31. The molecule has 0 saturated heterocycles. The van der Waals surface area contributed by atoms with Crippen molar-refractivity contribution in [3.63, 3.8) is 0 Å². The summed E-state index contributed by atoms with van der Waals surface area (Å²) < 4.78 is 5.98. The molecule has 2 aromatic carbocycles. The Hall–Kier alpha value is -1.72. The van der Waals surface area contributed by atoms with Gasteiger partial charge in [-0.25, -0.2) is 0 Å². The van der Waals surface area contributed by atoms with E-state index >= 15 is 0 Å². The van der Waals surface area contributed by atoms with E-state index in [0.717, 1.165) is 29.5 Å². The lowest BCUT2D eigenvalue weighted by molar-refractivity contribution is 0.210. The second-order valence-electron chi connectivity index (χ2n) is 6.47. The highest BCUT2D eigenvalue weighted by Gasteiger charge is 2.16. The predicted octanol–water partition coefficient (Wildman–Crippen LogP) is 5.23. The van der Waals surface area contributed by atoms with Crippen LogP contribution < -0.4 is 15.4 Å². The molecule has 2 aromatic rings. The number of thioether (sulfide) groups is 1. The minimum Gasteiger partial charge on any atom is -0.490 e. The Morgan fingerprint density at radius 2 is 1.77 bits per heavy atom. The van der Waals surface area contributed by atoms with Crippen LogP contribution in [0.2, 0.25) is 0 Å². The van der Waals surface area contributed by atoms with E-state index in [2.05, 4.69) is 34.9 Å². The molecule has 26 heavy (non-hydrogen) atoms. The molecule has 0 heterocycles. The third kappa shape index (κ3) is 6.54. The van der Waals surface area contributed by atoms with Gasteiger partial charge in [0.2, 0.25) is 0 Å². The highest BCUT2D eigenvalue weighted by molar-refractivity contribution is 7.98. The van der Waals surface area contributed by atoms with Crippen LogP contribution in [0.4, 0.5) is 5.69 Å². The molecule has 0 unspecified atom stereocenters. The summed E-state index contributed by atoms with van der Waals surface area (Å²) >= 11 is 7.27. The molecule has 0 aromatic heterocycles. The predicted molar refractivity (Wildman–Crippen MR) is 116 cm³/mol. The molecule has 0 amide bonds. The van der Waals surface area contributed by atoms with E-state index < -0.39 is 0 Å². The van der Waals surface area contributed by atoms with Crippen LogP contribution >= 0.6 is 24.0 Å². The Bertz CT molecular complexity index is 670. The maximum absolute atomic E-state index is 5.98. The van der Waals surface area contributed by atoms with Crippen molar-refractivity contribution in [1.29, 1.82) is 0 Å². The average molecular weight is 387 g/mol. The minimum absolute atomic E-state index is 0.393. The number of ether oxygens (including phenoxy) is 1. The van der Waals surface area contributed by atoms with Crippen molar-refractivity contribution < 1.29 is 4.74 Å². The third-order valence-electron chi connectivity index (χ3n) is 4.36. The van der Waals surface area contributed by atoms with Crippen molar-refractivity contribution in [1.82, 2.24) is 5.32 Å². The Labute approximate surface area is 165 Å². The summed E-state index contributed by atoms with van der Waals surface area (Å²) in [4.78, 5) is 0. The third-order valence-corrected chi connectivity index (χ3v) is 5.64. The zero-order valence-corrected chi connectivity index (χ0v) is 16.6. The highest BCUT2D eigenvalue weighted by atomic mass is 32.2. The number of nitrogens with one attached hydrogen (secondary N) is 2. The number of hydrogen-bond acceptors (Lipinski definition) is 3. The van der Waals surface area contributed by atoms with E-state index in [4.69, 9.17) is 17.0 Å². The molecule has 0 spiro atoms. The maximum atomic E-state index is 5.98. The molecule has 1 saturated carbocycles. The fraction of sp³-hybridized carbons (Fsp3) is 0.381. The minimum atomic E-state index is 0.393. The second-order valence-corrected chi connectivity index (χ2v) is 7.98. The smallest absolute Gasteiger partial charge is 0.170 e.